The lowest BCUT2D eigenvalue weighted by Gasteiger charge is -2.35. The molecule has 2 N–H and O–H groups in total. The number of carbonyl (C=O) groups is 1. The molecule has 0 saturated carbocycles. The number of amides is 1. The summed E-state index contributed by atoms with van der Waals surface area (Å²) in [5.41, 5.74) is 0.774. The molecule has 0 atom stereocenters. The van der Waals surface area contributed by atoms with Crippen LogP contribution in [0.2, 0.25) is 0 Å². The molecule has 0 radical (unpaired) electrons. The first-order valence-corrected chi connectivity index (χ1v) is 5.96. The van der Waals surface area contributed by atoms with E-state index in [0.29, 0.717) is 0 Å². The predicted octanol–water partition coefficient (Wildman–Crippen LogP) is 0.395. The van der Waals surface area contributed by atoms with Gasteiger partial charge in [-0.05, 0) is 12.1 Å². The number of carbonyl (C=O) groups excluding carboxylic acids is 1. The van der Waals surface area contributed by atoms with Gasteiger partial charge in [-0.1, -0.05) is 18.2 Å². The van der Waals surface area contributed by atoms with Crippen LogP contribution in [0.4, 0.5) is 0 Å². The van der Waals surface area contributed by atoms with Crippen molar-refractivity contribution in [1.82, 2.24) is 14.7 Å². The van der Waals surface area contributed by atoms with Gasteiger partial charge in [0.1, 0.15) is 0 Å². The minimum absolute atomic E-state index is 0.00996. The molecule has 1 amide bonds. The van der Waals surface area contributed by atoms with Crippen LogP contribution in [-0.4, -0.2) is 50.0 Å². The van der Waals surface area contributed by atoms with E-state index in [9.17, 15) is 15.0 Å². The van der Waals surface area contributed by atoms with Crippen LogP contribution in [0.3, 0.4) is 0 Å². The van der Waals surface area contributed by atoms with Crippen molar-refractivity contribution in [3.63, 3.8) is 0 Å². The van der Waals surface area contributed by atoms with Crippen molar-refractivity contribution in [3.05, 3.63) is 42.2 Å². The summed E-state index contributed by atoms with van der Waals surface area (Å²) in [6, 6.07) is 9.23. The van der Waals surface area contributed by atoms with E-state index < -0.39 is 6.10 Å². The molecule has 1 aromatic heterocycles. The van der Waals surface area contributed by atoms with Crippen molar-refractivity contribution in [2.45, 2.75) is 6.10 Å². The molecule has 0 unspecified atom stereocenters. The monoisotopic (exact) mass is 259 g/mol. The topological polar surface area (TPSA) is 78.6 Å². The van der Waals surface area contributed by atoms with Crippen LogP contribution in [-0.2, 0) is 0 Å². The number of β-amino-alcohol motifs (C(OH)–C–C–N with tert-alkyl or cyclic N) is 1. The molecule has 0 spiro atoms. The molecule has 0 bridgehead atoms. The predicted molar refractivity (Wildman–Crippen MR) is 67.1 cm³/mol. The number of para-hydroxylation sites is 1. The fourth-order valence-electron chi connectivity index (χ4n) is 2.00. The lowest BCUT2D eigenvalue weighted by atomic mass is 10.1. The molecule has 19 heavy (non-hydrogen) atoms. The second-order valence-corrected chi connectivity index (χ2v) is 4.51. The highest BCUT2D eigenvalue weighted by molar-refractivity contribution is 5.95. The number of aromatic hydroxyl groups is 1. The number of likely N-dealkylation sites (tertiary alicyclic amines) is 1. The smallest absolute Gasteiger partial charge is 0.278 e. The van der Waals surface area contributed by atoms with E-state index in [4.69, 9.17) is 0 Å². The van der Waals surface area contributed by atoms with Crippen LogP contribution in [0.15, 0.2) is 36.5 Å². The molecule has 1 saturated heterocycles. The van der Waals surface area contributed by atoms with Crippen LogP contribution >= 0.6 is 0 Å². The van der Waals surface area contributed by atoms with E-state index in [1.54, 1.807) is 0 Å². The number of aliphatic hydroxyl groups excluding tert-OH is 1. The third-order valence-corrected chi connectivity index (χ3v) is 3.07. The normalized spacial score (nSPS) is 15.3. The fourth-order valence-corrected chi connectivity index (χ4v) is 2.00. The molecule has 1 aliphatic heterocycles. The Morgan fingerprint density at radius 2 is 1.95 bits per heavy atom. The van der Waals surface area contributed by atoms with Crippen molar-refractivity contribution in [2.75, 3.05) is 13.1 Å². The molecule has 6 heteroatoms. The van der Waals surface area contributed by atoms with Crippen molar-refractivity contribution in [1.29, 1.82) is 0 Å². The molecule has 98 valence electrons. The number of nitrogens with zero attached hydrogens (tertiary/aromatic N) is 3. The van der Waals surface area contributed by atoms with Crippen molar-refractivity contribution < 1.29 is 15.0 Å². The number of aromatic nitrogens is 2. The molecule has 2 aromatic rings. The molecule has 2 heterocycles. The molecule has 0 aliphatic carbocycles. The first kappa shape index (κ1) is 11.7. The first-order chi connectivity index (χ1) is 9.15. The lowest BCUT2D eigenvalue weighted by molar-refractivity contribution is 0.00529. The minimum atomic E-state index is -0.470. The maximum atomic E-state index is 12.0. The fraction of sp³-hybridized carbons (Fsp3) is 0.231. The minimum Gasteiger partial charge on any atom is -0.504 e. The number of benzene rings is 1. The molecule has 1 aromatic carbocycles. The number of hydrogen-bond donors (Lipinski definition) is 2. The van der Waals surface area contributed by atoms with Crippen LogP contribution in [0.5, 0.6) is 5.75 Å². The van der Waals surface area contributed by atoms with Gasteiger partial charge in [0.05, 0.1) is 18.0 Å². The molecule has 1 fully saturated rings. The first-order valence-electron chi connectivity index (χ1n) is 5.96. The maximum Gasteiger partial charge on any atom is 0.278 e. The Morgan fingerprint density at radius 1 is 1.26 bits per heavy atom. The van der Waals surface area contributed by atoms with Crippen LogP contribution in [0, 0.1) is 0 Å². The second kappa shape index (κ2) is 4.40. The average molecular weight is 259 g/mol. The third-order valence-electron chi connectivity index (χ3n) is 3.07. The van der Waals surface area contributed by atoms with Crippen LogP contribution in [0.25, 0.3) is 5.69 Å². The van der Waals surface area contributed by atoms with Crippen LogP contribution < -0.4 is 0 Å². The zero-order valence-electron chi connectivity index (χ0n) is 10.1. The van der Waals surface area contributed by atoms with Gasteiger partial charge in [-0.2, -0.15) is 5.10 Å². The summed E-state index contributed by atoms with van der Waals surface area (Å²) in [4.78, 5) is 13.5. The van der Waals surface area contributed by atoms with Crippen molar-refractivity contribution >= 4 is 5.91 Å². The quantitative estimate of drug-likeness (QED) is 0.818. The summed E-state index contributed by atoms with van der Waals surface area (Å²) in [6.45, 7) is 0.576. The van der Waals surface area contributed by atoms with Crippen molar-refractivity contribution in [2.24, 2.45) is 0 Å². The summed E-state index contributed by atoms with van der Waals surface area (Å²) in [5, 5.41) is 23.1. The summed E-state index contributed by atoms with van der Waals surface area (Å²) in [6.07, 6.45) is 0.931. The molecule has 1 aliphatic rings. The Morgan fingerprint density at radius 3 is 2.58 bits per heavy atom. The van der Waals surface area contributed by atoms with E-state index in [-0.39, 0.29) is 30.4 Å². The van der Waals surface area contributed by atoms with Gasteiger partial charge in [0.15, 0.2) is 11.4 Å². The van der Waals surface area contributed by atoms with Gasteiger partial charge in [0, 0.05) is 13.1 Å². The Bertz CT molecular complexity index is 603. The summed E-state index contributed by atoms with van der Waals surface area (Å²) >= 11 is 0. The Labute approximate surface area is 109 Å². The highest BCUT2D eigenvalue weighted by Crippen LogP contribution is 2.21. The molecular formula is C13H13N3O3. The average Bonchev–Trinajstić information content (AvgIpc) is 2.77. The van der Waals surface area contributed by atoms with Gasteiger partial charge in [-0.15, -0.1) is 0 Å². The third kappa shape index (κ3) is 2.06. The molecule has 6 nitrogen and oxygen atoms in total. The SMILES string of the molecule is O=C(c1nn(-c2ccccc2)cc1O)N1CC(O)C1. The molecular weight excluding hydrogens is 246 g/mol. The Balaban J connectivity index is 1.88. The van der Waals surface area contributed by atoms with Gasteiger partial charge >= 0.3 is 0 Å². The number of hydrogen-bond acceptors (Lipinski definition) is 4. The Hall–Kier alpha value is -2.34. The van der Waals surface area contributed by atoms with Crippen LogP contribution in [0.1, 0.15) is 10.5 Å². The van der Waals surface area contributed by atoms with Crippen molar-refractivity contribution in [3.8, 4) is 11.4 Å². The highest BCUT2D eigenvalue weighted by atomic mass is 16.3. The zero-order chi connectivity index (χ0) is 13.4. The summed E-state index contributed by atoms with van der Waals surface area (Å²) in [7, 11) is 0. The second-order valence-electron chi connectivity index (χ2n) is 4.51. The summed E-state index contributed by atoms with van der Waals surface area (Å²) in [5.74, 6) is -0.521. The van der Waals surface area contributed by atoms with E-state index in [2.05, 4.69) is 5.10 Å². The van der Waals surface area contributed by atoms with E-state index in [0.717, 1.165) is 5.69 Å². The van der Waals surface area contributed by atoms with Gasteiger partial charge in [-0.3, -0.25) is 4.79 Å². The van der Waals surface area contributed by atoms with E-state index in [1.165, 1.54) is 15.8 Å². The van der Waals surface area contributed by atoms with Gasteiger partial charge in [0.25, 0.3) is 5.91 Å². The number of rotatable bonds is 2. The van der Waals surface area contributed by atoms with Gasteiger partial charge in [0.2, 0.25) is 0 Å². The van der Waals surface area contributed by atoms with E-state index >= 15 is 0 Å². The Kier molecular flexibility index (Phi) is 2.72. The highest BCUT2D eigenvalue weighted by Gasteiger charge is 2.32. The summed E-state index contributed by atoms with van der Waals surface area (Å²) < 4.78 is 1.46. The lowest BCUT2D eigenvalue weighted by Crippen LogP contribution is -2.53. The number of aliphatic hydroxyl groups is 1. The largest absolute Gasteiger partial charge is 0.504 e. The van der Waals surface area contributed by atoms with Gasteiger partial charge < -0.3 is 15.1 Å². The molecule has 3 rings (SSSR count). The standard InChI is InChI=1S/C13H13N3O3/c17-10-6-15(7-10)13(19)12-11(18)8-16(14-12)9-4-2-1-3-5-9/h1-5,8,10,17-18H,6-7H2. The van der Waals surface area contributed by atoms with E-state index in [1.807, 2.05) is 30.3 Å². The zero-order valence-corrected chi connectivity index (χ0v) is 10.1. The van der Waals surface area contributed by atoms with Gasteiger partial charge in [-0.25, -0.2) is 4.68 Å². The maximum absolute atomic E-state index is 12.0.